The van der Waals surface area contributed by atoms with Crippen LogP contribution in [0.3, 0.4) is 0 Å². The number of carbonyl (C=O) groups excluding carboxylic acids is 1. The van der Waals surface area contributed by atoms with Crippen LogP contribution in [0.1, 0.15) is 10.4 Å². The number of nitrogens with zero attached hydrogens (tertiary/aromatic N) is 4. The van der Waals surface area contributed by atoms with E-state index in [-0.39, 0.29) is 5.56 Å². The fraction of sp³-hybridized carbons (Fsp3) is 0. The number of nitrogens with one attached hydrogen (secondary N) is 1. The van der Waals surface area contributed by atoms with E-state index >= 15 is 0 Å². The van der Waals surface area contributed by atoms with Crippen molar-refractivity contribution in [3.05, 3.63) is 66.8 Å². The maximum absolute atomic E-state index is 13.6. The summed E-state index contributed by atoms with van der Waals surface area (Å²) in [7, 11) is -4.43. The van der Waals surface area contributed by atoms with Gasteiger partial charge < -0.3 is 0 Å². The van der Waals surface area contributed by atoms with Crippen molar-refractivity contribution < 1.29 is 17.6 Å². The number of halogens is 1. The number of hydrogen-bond donors (Lipinski definition) is 1. The summed E-state index contributed by atoms with van der Waals surface area (Å²) >= 11 is 0. The van der Waals surface area contributed by atoms with Gasteiger partial charge in [0.2, 0.25) is 5.03 Å². The lowest BCUT2D eigenvalue weighted by atomic mass is 10.2. The number of amides is 1. The van der Waals surface area contributed by atoms with Crippen molar-refractivity contribution in [1.29, 1.82) is 0 Å². The third-order valence-corrected chi connectivity index (χ3v) is 4.25. The summed E-state index contributed by atoms with van der Waals surface area (Å²) in [5, 5.41) is -0.845. The fourth-order valence-electron chi connectivity index (χ4n) is 1.89. The number of imidazole rings is 1. The predicted molar refractivity (Wildman–Crippen MR) is 80.2 cm³/mol. The Morgan fingerprint density at radius 2 is 2.00 bits per heavy atom. The van der Waals surface area contributed by atoms with Gasteiger partial charge in [0, 0.05) is 30.4 Å². The van der Waals surface area contributed by atoms with Crippen LogP contribution < -0.4 is 4.72 Å². The maximum atomic E-state index is 13.6. The SMILES string of the molecule is O=C(NS(=O)(=O)c1ncccc1F)c1ccnc(-n2ccnc2)c1. The van der Waals surface area contributed by atoms with Crippen LogP contribution in [0.5, 0.6) is 0 Å². The Morgan fingerprint density at radius 3 is 2.71 bits per heavy atom. The highest BCUT2D eigenvalue weighted by Crippen LogP contribution is 2.12. The van der Waals surface area contributed by atoms with Crippen LogP contribution in [0, 0.1) is 5.82 Å². The molecule has 0 atom stereocenters. The van der Waals surface area contributed by atoms with Crippen LogP contribution in [0.2, 0.25) is 0 Å². The number of aromatic nitrogens is 4. The molecule has 0 saturated carbocycles. The fourth-order valence-corrected chi connectivity index (χ4v) is 2.88. The lowest BCUT2D eigenvalue weighted by molar-refractivity contribution is 0.0981. The van der Waals surface area contributed by atoms with Crippen LogP contribution in [0.25, 0.3) is 5.82 Å². The molecule has 0 unspecified atom stereocenters. The molecule has 0 radical (unpaired) electrons. The van der Waals surface area contributed by atoms with E-state index in [4.69, 9.17) is 0 Å². The van der Waals surface area contributed by atoms with Crippen molar-refractivity contribution >= 4 is 15.9 Å². The van der Waals surface area contributed by atoms with Gasteiger partial charge in [0.1, 0.15) is 12.1 Å². The molecule has 0 saturated heterocycles. The summed E-state index contributed by atoms with van der Waals surface area (Å²) in [5.74, 6) is -1.60. The number of rotatable bonds is 4. The van der Waals surface area contributed by atoms with Gasteiger partial charge in [-0.2, -0.15) is 8.42 Å². The largest absolute Gasteiger partial charge is 0.291 e. The molecule has 0 aliphatic heterocycles. The third kappa shape index (κ3) is 3.13. The van der Waals surface area contributed by atoms with Gasteiger partial charge in [-0.25, -0.2) is 24.1 Å². The minimum absolute atomic E-state index is 0.0358. The van der Waals surface area contributed by atoms with E-state index in [0.717, 1.165) is 12.3 Å². The number of pyridine rings is 2. The molecule has 3 heterocycles. The summed E-state index contributed by atoms with van der Waals surface area (Å²) in [6.45, 7) is 0. The zero-order chi connectivity index (χ0) is 17.2. The molecule has 0 fully saturated rings. The standard InChI is InChI=1S/C14H10FN5O3S/c15-11-2-1-4-18-14(11)24(22,23)19-13(21)10-3-5-17-12(8-10)20-7-6-16-9-20/h1-9H,(H,19,21). The predicted octanol–water partition coefficient (Wildman–Crippen LogP) is 0.920. The Kier molecular flexibility index (Phi) is 4.04. The molecular weight excluding hydrogens is 337 g/mol. The first kappa shape index (κ1) is 15.7. The molecule has 0 aliphatic rings. The first-order valence-electron chi connectivity index (χ1n) is 6.59. The second-order valence-corrected chi connectivity index (χ2v) is 6.20. The van der Waals surface area contributed by atoms with E-state index in [0.29, 0.717) is 5.82 Å². The van der Waals surface area contributed by atoms with Crippen molar-refractivity contribution in [3.63, 3.8) is 0 Å². The Hall–Kier alpha value is -3.14. The third-order valence-electron chi connectivity index (χ3n) is 2.98. The number of sulfonamides is 1. The van der Waals surface area contributed by atoms with Crippen LogP contribution in [0.15, 0.2) is 60.4 Å². The van der Waals surface area contributed by atoms with E-state index in [1.165, 1.54) is 36.9 Å². The Labute approximate surface area is 136 Å². The topological polar surface area (TPSA) is 107 Å². The van der Waals surface area contributed by atoms with Crippen molar-refractivity contribution in [1.82, 2.24) is 24.2 Å². The second kappa shape index (κ2) is 6.16. The van der Waals surface area contributed by atoms with E-state index in [9.17, 15) is 17.6 Å². The number of carbonyl (C=O) groups is 1. The number of hydrogen-bond acceptors (Lipinski definition) is 6. The summed E-state index contributed by atoms with van der Waals surface area (Å²) < 4.78 is 41.1. The van der Waals surface area contributed by atoms with Gasteiger partial charge in [0.25, 0.3) is 15.9 Å². The van der Waals surface area contributed by atoms with Crippen LogP contribution in [0.4, 0.5) is 4.39 Å². The van der Waals surface area contributed by atoms with Crippen molar-refractivity contribution in [2.24, 2.45) is 0 Å². The van der Waals surface area contributed by atoms with Gasteiger partial charge >= 0.3 is 0 Å². The maximum Gasteiger partial charge on any atom is 0.284 e. The average molecular weight is 347 g/mol. The first-order valence-corrected chi connectivity index (χ1v) is 8.08. The molecule has 0 aromatic carbocycles. The molecule has 3 aromatic heterocycles. The molecule has 0 spiro atoms. The van der Waals surface area contributed by atoms with E-state index < -0.39 is 26.8 Å². The molecule has 1 N–H and O–H groups in total. The molecule has 122 valence electrons. The lowest BCUT2D eigenvalue weighted by Crippen LogP contribution is -2.32. The van der Waals surface area contributed by atoms with Crippen molar-refractivity contribution in [2.45, 2.75) is 5.03 Å². The van der Waals surface area contributed by atoms with Gasteiger partial charge in [0.05, 0.1) is 0 Å². The molecule has 0 aliphatic carbocycles. The van der Waals surface area contributed by atoms with E-state index in [2.05, 4.69) is 15.0 Å². The molecule has 1 amide bonds. The highest BCUT2D eigenvalue weighted by molar-refractivity contribution is 7.90. The van der Waals surface area contributed by atoms with Crippen molar-refractivity contribution in [2.75, 3.05) is 0 Å². The zero-order valence-electron chi connectivity index (χ0n) is 12.0. The molecule has 3 aromatic rings. The zero-order valence-corrected chi connectivity index (χ0v) is 12.8. The summed E-state index contributed by atoms with van der Waals surface area (Å²) in [6.07, 6.45) is 7.08. The first-order chi connectivity index (χ1) is 11.5. The Bertz CT molecular complexity index is 989. The van der Waals surface area contributed by atoms with Crippen LogP contribution >= 0.6 is 0 Å². The Morgan fingerprint density at radius 1 is 1.17 bits per heavy atom. The van der Waals surface area contributed by atoms with Gasteiger partial charge in [-0.1, -0.05) is 0 Å². The quantitative estimate of drug-likeness (QED) is 0.752. The highest BCUT2D eigenvalue weighted by atomic mass is 32.2. The molecule has 24 heavy (non-hydrogen) atoms. The van der Waals surface area contributed by atoms with Gasteiger partial charge in [-0.05, 0) is 24.3 Å². The molecule has 3 rings (SSSR count). The van der Waals surface area contributed by atoms with Gasteiger partial charge in [-0.3, -0.25) is 9.36 Å². The van der Waals surface area contributed by atoms with E-state index in [1.807, 2.05) is 0 Å². The molecule has 0 bridgehead atoms. The van der Waals surface area contributed by atoms with Gasteiger partial charge in [0.15, 0.2) is 5.82 Å². The van der Waals surface area contributed by atoms with Crippen LogP contribution in [-0.2, 0) is 10.0 Å². The minimum Gasteiger partial charge on any atom is -0.291 e. The average Bonchev–Trinajstić information content (AvgIpc) is 3.09. The van der Waals surface area contributed by atoms with E-state index in [1.54, 1.807) is 15.5 Å². The molecular formula is C14H10FN5O3S. The summed E-state index contributed by atoms with van der Waals surface area (Å²) in [4.78, 5) is 23.5. The van der Waals surface area contributed by atoms with Crippen molar-refractivity contribution in [3.8, 4) is 5.82 Å². The second-order valence-electron chi connectivity index (χ2n) is 4.60. The monoisotopic (exact) mass is 347 g/mol. The van der Waals surface area contributed by atoms with Crippen LogP contribution in [-0.4, -0.2) is 33.8 Å². The molecule has 10 heteroatoms. The minimum atomic E-state index is -4.43. The summed E-state index contributed by atoms with van der Waals surface area (Å²) in [5.41, 5.74) is 0.0358. The summed E-state index contributed by atoms with van der Waals surface area (Å²) in [6, 6.07) is 4.90. The van der Waals surface area contributed by atoms with Gasteiger partial charge in [-0.15, -0.1) is 0 Å². The smallest absolute Gasteiger partial charge is 0.284 e. The lowest BCUT2D eigenvalue weighted by Gasteiger charge is -2.08. The molecule has 8 nitrogen and oxygen atoms in total. The Balaban J connectivity index is 1.88. The highest BCUT2D eigenvalue weighted by Gasteiger charge is 2.24. The normalized spacial score (nSPS) is 11.2.